The smallest absolute Gasteiger partial charge is 0.120 e. The molecule has 108 valence electrons. The Balaban J connectivity index is 1.40. The molecule has 1 N–H and O–H groups in total. The number of nitrogens with zero attached hydrogens (tertiary/aromatic N) is 2. The van der Waals surface area contributed by atoms with E-state index in [1.165, 1.54) is 48.6 Å². The number of nitrogens with one attached hydrogen (secondary N) is 1. The Labute approximate surface area is 123 Å². The van der Waals surface area contributed by atoms with E-state index in [0.717, 1.165) is 24.8 Å². The third kappa shape index (κ3) is 2.38. The van der Waals surface area contributed by atoms with Gasteiger partial charge < -0.3 is 14.6 Å². The molecule has 0 aliphatic carbocycles. The fourth-order valence-corrected chi connectivity index (χ4v) is 4.60. The van der Waals surface area contributed by atoms with Gasteiger partial charge in [-0.25, -0.2) is 4.98 Å². The molecular formula is C15H21N3OS. The molecule has 4 nitrogen and oxygen atoms in total. The second-order valence-corrected chi connectivity index (χ2v) is 6.93. The molecule has 0 amide bonds. The van der Waals surface area contributed by atoms with Crippen molar-refractivity contribution in [1.82, 2.24) is 14.9 Å². The normalized spacial score (nSPS) is 23.6. The van der Waals surface area contributed by atoms with Crippen LogP contribution in [0.15, 0.2) is 12.3 Å². The molecule has 2 fully saturated rings. The molecule has 2 aliphatic heterocycles. The summed E-state index contributed by atoms with van der Waals surface area (Å²) >= 11 is 1.84. The van der Waals surface area contributed by atoms with Crippen LogP contribution in [0.25, 0.3) is 10.3 Å². The van der Waals surface area contributed by atoms with Gasteiger partial charge in [-0.05, 0) is 44.8 Å². The highest BCUT2D eigenvalue weighted by Gasteiger charge is 2.28. The Kier molecular flexibility index (Phi) is 3.50. The molecule has 4 rings (SSSR count). The van der Waals surface area contributed by atoms with Gasteiger partial charge in [-0.1, -0.05) is 0 Å². The van der Waals surface area contributed by atoms with Crippen LogP contribution in [0.5, 0.6) is 0 Å². The van der Waals surface area contributed by atoms with Crippen LogP contribution >= 0.6 is 11.3 Å². The number of likely N-dealkylation sites (tertiary alicyclic amines) is 1. The minimum atomic E-state index is 0.664. The summed E-state index contributed by atoms with van der Waals surface area (Å²) in [5.41, 5.74) is 1.14. The van der Waals surface area contributed by atoms with Gasteiger partial charge in [0.15, 0.2) is 0 Å². The number of H-pyrrole nitrogens is 1. The number of fused-ring (bicyclic) bond motifs is 1. The molecule has 0 atom stereocenters. The van der Waals surface area contributed by atoms with Crippen molar-refractivity contribution in [3.8, 4) is 0 Å². The molecule has 2 saturated heterocycles. The molecule has 0 aromatic carbocycles. The van der Waals surface area contributed by atoms with E-state index in [9.17, 15) is 0 Å². The van der Waals surface area contributed by atoms with E-state index in [4.69, 9.17) is 9.72 Å². The zero-order chi connectivity index (χ0) is 13.4. The van der Waals surface area contributed by atoms with Gasteiger partial charge in [0.1, 0.15) is 4.83 Å². The molecule has 4 heterocycles. The lowest BCUT2D eigenvalue weighted by Gasteiger charge is -2.38. The lowest BCUT2D eigenvalue weighted by Crippen LogP contribution is -2.43. The largest absolute Gasteiger partial charge is 0.381 e. The number of thiazole rings is 1. The second kappa shape index (κ2) is 5.47. The van der Waals surface area contributed by atoms with E-state index in [1.807, 2.05) is 17.5 Å². The van der Waals surface area contributed by atoms with Gasteiger partial charge in [0.25, 0.3) is 0 Å². The first kappa shape index (κ1) is 12.8. The summed E-state index contributed by atoms with van der Waals surface area (Å²) in [6.07, 6.45) is 6.92. The first-order valence-corrected chi connectivity index (χ1v) is 8.47. The average molecular weight is 291 g/mol. The molecule has 0 bridgehead atoms. The number of aromatic nitrogens is 2. The molecule has 20 heavy (non-hydrogen) atoms. The number of hydrogen-bond donors (Lipinski definition) is 1. The SMILES string of the molecule is c1cc2nc(C3CCN(C4CCOCC4)CC3)sc2[nH]1. The van der Waals surface area contributed by atoms with Crippen LogP contribution in [0.2, 0.25) is 0 Å². The third-order valence-corrected chi connectivity index (χ3v) is 5.88. The van der Waals surface area contributed by atoms with Gasteiger partial charge in [0.2, 0.25) is 0 Å². The Bertz CT molecular complexity index is 536. The van der Waals surface area contributed by atoms with Crippen LogP contribution in [0.3, 0.4) is 0 Å². The average Bonchev–Trinajstić information content (AvgIpc) is 3.10. The summed E-state index contributed by atoms with van der Waals surface area (Å²) in [7, 11) is 0. The second-order valence-electron chi connectivity index (χ2n) is 5.90. The van der Waals surface area contributed by atoms with Crippen LogP contribution in [-0.2, 0) is 4.74 Å². The molecular weight excluding hydrogens is 270 g/mol. The Morgan fingerprint density at radius 2 is 2.00 bits per heavy atom. The predicted molar refractivity (Wildman–Crippen MR) is 81.4 cm³/mol. The maximum Gasteiger partial charge on any atom is 0.120 e. The van der Waals surface area contributed by atoms with Gasteiger partial charge in [-0.2, -0.15) is 0 Å². The summed E-state index contributed by atoms with van der Waals surface area (Å²) < 4.78 is 5.47. The van der Waals surface area contributed by atoms with Gasteiger partial charge >= 0.3 is 0 Å². The van der Waals surface area contributed by atoms with Crippen LogP contribution in [0.4, 0.5) is 0 Å². The van der Waals surface area contributed by atoms with E-state index < -0.39 is 0 Å². The standard InChI is InChI=1S/C15H21N3OS/c1-6-16-15-13(1)17-14(20-15)11-2-7-18(8-3-11)12-4-9-19-10-5-12/h1,6,11-12,16H,2-5,7-10H2. The predicted octanol–water partition coefficient (Wildman–Crippen LogP) is 2.98. The number of piperidine rings is 1. The van der Waals surface area contributed by atoms with Crippen molar-refractivity contribution < 1.29 is 4.74 Å². The van der Waals surface area contributed by atoms with E-state index in [2.05, 4.69) is 16.0 Å². The monoisotopic (exact) mass is 291 g/mol. The van der Waals surface area contributed by atoms with Crippen molar-refractivity contribution in [2.24, 2.45) is 0 Å². The first-order valence-electron chi connectivity index (χ1n) is 7.66. The number of rotatable bonds is 2. The van der Waals surface area contributed by atoms with Crippen molar-refractivity contribution in [2.75, 3.05) is 26.3 Å². The van der Waals surface area contributed by atoms with Crippen LogP contribution in [-0.4, -0.2) is 47.2 Å². The van der Waals surface area contributed by atoms with E-state index in [0.29, 0.717) is 5.92 Å². The molecule has 2 aliphatic rings. The lowest BCUT2D eigenvalue weighted by atomic mass is 9.95. The quantitative estimate of drug-likeness (QED) is 0.925. The highest BCUT2D eigenvalue weighted by atomic mass is 32.1. The lowest BCUT2D eigenvalue weighted by molar-refractivity contribution is 0.0252. The molecule has 0 radical (unpaired) electrons. The summed E-state index contributed by atoms with van der Waals surface area (Å²) in [5.74, 6) is 0.664. The molecule has 2 aromatic rings. The highest BCUT2D eigenvalue weighted by Crippen LogP contribution is 2.34. The van der Waals surface area contributed by atoms with E-state index >= 15 is 0 Å². The van der Waals surface area contributed by atoms with Gasteiger partial charge in [-0.3, -0.25) is 0 Å². The highest BCUT2D eigenvalue weighted by molar-refractivity contribution is 7.18. The van der Waals surface area contributed by atoms with Crippen molar-refractivity contribution in [2.45, 2.75) is 37.6 Å². The summed E-state index contributed by atoms with van der Waals surface area (Å²) in [4.78, 5) is 12.0. The fourth-order valence-electron chi connectivity index (χ4n) is 3.50. The summed E-state index contributed by atoms with van der Waals surface area (Å²) in [6.45, 7) is 4.34. The number of ether oxygens (including phenoxy) is 1. The van der Waals surface area contributed by atoms with Crippen molar-refractivity contribution in [1.29, 1.82) is 0 Å². The Hall–Kier alpha value is -0.910. The van der Waals surface area contributed by atoms with E-state index in [1.54, 1.807) is 0 Å². The number of hydrogen-bond acceptors (Lipinski definition) is 4. The van der Waals surface area contributed by atoms with Gasteiger partial charge in [0.05, 0.1) is 10.5 Å². The van der Waals surface area contributed by atoms with Crippen LogP contribution < -0.4 is 0 Å². The van der Waals surface area contributed by atoms with Crippen molar-refractivity contribution in [3.63, 3.8) is 0 Å². The summed E-state index contributed by atoms with van der Waals surface area (Å²) in [6, 6.07) is 2.84. The maximum atomic E-state index is 5.47. The van der Waals surface area contributed by atoms with Crippen molar-refractivity contribution >= 4 is 21.7 Å². The number of aromatic amines is 1. The Morgan fingerprint density at radius 3 is 2.75 bits per heavy atom. The minimum Gasteiger partial charge on any atom is -0.381 e. The van der Waals surface area contributed by atoms with Gasteiger partial charge in [0, 0.05) is 31.4 Å². The molecule has 0 unspecified atom stereocenters. The fraction of sp³-hybridized carbons (Fsp3) is 0.667. The topological polar surface area (TPSA) is 41.2 Å². The van der Waals surface area contributed by atoms with Crippen molar-refractivity contribution in [3.05, 3.63) is 17.3 Å². The third-order valence-electron chi connectivity index (χ3n) is 4.71. The minimum absolute atomic E-state index is 0.664. The van der Waals surface area contributed by atoms with Crippen LogP contribution in [0, 0.1) is 0 Å². The zero-order valence-corrected chi connectivity index (χ0v) is 12.5. The molecule has 0 saturated carbocycles. The zero-order valence-electron chi connectivity index (χ0n) is 11.7. The summed E-state index contributed by atoms with van der Waals surface area (Å²) in [5, 5.41) is 1.33. The molecule has 0 spiro atoms. The molecule has 2 aromatic heterocycles. The van der Waals surface area contributed by atoms with Gasteiger partial charge in [-0.15, -0.1) is 11.3 Å². The maximum absolute atomic E-state index is 5.47. The van der Waals surface area contributed by atoms with E-state index in [-0.39, 0.29) is 0 Å². The molecule has 5 heteroatoms. The Morgan fingerprint density at radius 1 is 1.20 bits per heavy atom. The first-order chi connectivity index (χ1) is 9.90. The van der Waals surface area contributed by atoms with Crippen LogP contribution in [0.1, 0.15) is 36.6 Å².